The van der Waals surface area contributed by atoms with Crippen molar-refractivity contribution < 1.29 is 32.7 Å². The Morgan fingerprint density at radius 1 is 1.44 bits per heavy atom. The van der Waals surface area contributed by atoms with Gasteiger partial charge in [-0.1, -0.05) is 0 Å². The Balaban J connectivity index is 0. The van der Waals surface area contributed by atoms with Gasteiger partial charge in [0, 0.05) is 32.7 Å². The molecule has 0 saturated carbocycles. The van der Waals surface area contributed by atoms with Gasteiger partial charge in [-0.15, -0.1) is 0 Å². The third-order valence-electron chi connectivity index (χ3n) is 1.01. The number of hydrogen-bond donors (Lipinski definition) is 0. The molecule has 0 fully saturated rings. The maximum Gasteiger partial charge on any atom is 0 e. The van der Waals surface area contributed by atoms with Gasteiger partial charge in [0.25, 0.3) is 0 Å². The van der Waals surface area contributed by atoms with E-state index in [1.165, 1.54) is 4.44 Å². The maximum atomic E-state index is 4.16. The van der Waals surface area contributed by atoms with E-state index in [1.807, 2.05) is 7.05 Å². The zero-order chi connectivity index (χ0) is 6.62. The summed E-state index contributed by atoms with van der Waals surface area (Å²) in [4.78, 5) is 8.82. The first kappa shape index (κ1) is 13.5. The molecule has 0 aliphatic carbocycles. The molecule has 0 aromatic rings. The average Bonchev–Trinajstić information content (AvgIpc) is 1.59. The second kappa shape index (κ2) is 6.57. The summed E-state index contributed by atoms with van der Waals surface area (Å²) in [6.07, 6.45) is 0. The van der Waals surface area contributed by atoms with Crippen molar-refractivity contribution in [3.8, 4) is 0 Å². The molecule has 0 heterocycles. The fraction of sp³-hybridized carbons (Fsp3) is 0.833. The number of hydrogen-bond acceptors (Lipinski definition) is 0. The Morgan fingerprint density at radius 3 is 2.00 bits per heavy atom. The first-order chi connectivity index (χ1) is 3.56. The molecule has 0 aliphatic rings. The van der Waals surface area contributed by atoms with Gasteiger partial charge in [-0.05, 0) is 0 Å². The van der Waals surface area contributed by atoms with Gasteiger partial charge in [-0.2, -0.15) is 0 Å². The molecule has 53 valence electrons. The molecule has 0 atom stereocenters. The molecule has 0 spiro atoms. The molecule has 0 bridgehead atoms. The molecule has 1 radical (unpaired) electrons. The van der Waals surface area contributed by atoms with Crippen molar-refractivity contribution in [3.63, 3.8) is 0 Å². The van der Waals surface area contributed by atoms with Crippen LogP contribution < -0.4 is 0 Å². The molecule has 0 amide bonds. The molecule has 0 rings (SSSR count). The summed E-state index contributed by atoms with van der Waals surface area (Å²) in [7, 11) is 1.87. The number of nitrogens with zero attached hydrogens (tertiary/aromatic N) is 1. The minimum Gasteiger partial charge on any atom is 0 e. The van der Waals surface area contributed by atoms with E-state index in [9.17, 15) is 0 Å². The smallest absolute Gasteiger partial charge is 0 e. The van der Waals surface area contributed by atoms with E-state index in [4.69, 9.17) is 0 Å². The molecule has 0 N–H and O–H groups in total. The van der Waals surface area contributed by atoms with Crippen LogP contribution in [-0.2, 0) is 32.7 Å². The molecule has 3 heteroatoms. The van der Waals surface area contributed by atoms with Gasteiger partial charge in [0.1, 0.15) is 0 Å². The summed E-state index contributed by atoms with van der Waals surface area (Å²) in [5.74, 6) is 0. The van der Waals surface area contributed by atoms with Crippen molar-refractivity contribution in [3.05, 3.63) is 10.3 Å². The summed E-state index contributed by atoms with van der Waals surface area (Å²) in [5, 5.41) is 4.03. The van der Waals surface area contributed by atoms with Gasteiger partial charge in [0.2, 0.25) is 0 Å². The number of rotatable bonds is 3. The van der Waals surface area contributed by atoms with E-state index in [0.717, 1.165) is 6.54 Å². The first-order valence-corrected chi connectivity index (χ1v) is 12.7. The molecule has 0 saturated heterocycles. The normalized spacial score (nSPS) is 10.7. The van der Waals surface area contributed by atoms with Crippen molar-refractivity contribution in [2.45, 2.75) is 14.3 Å². The van der Waals surface area contributed by atoms with E-state index in [2.05, 4.69) is 20.1 Å². The van der Waals surface area contributed by atoms with Crippen LogP contribution >= 0.6 is 0 Å². The predicted octanol–water partition coefficient (Wildman–Crippen LogP) is 2.07. The fourth-order valence-electron chi connectivity index (χ4n) is 0.414. The Hall–Kier alpha value is 1.86. The largest absolute Gasteiger partial charge is 0 e. The van der Waals surface area contributed by atoms with Crippen LogP contribution in [0.25, 0.3) is 5.32 Å². The molecule has 0 aromatic heterocycles. The summed E-state index contributed by atoms with van der Waals surface area (Å²) < 4.78 is 1.30. The maximum absolute atomic E-state index is 4.16. The summed E-state index contributed by atoms with van der Waals surface area (Å²) in [6, 6.07) is 0. The summed E-state index contributed by atoms with van der Waals surface area (Å²) in [6.45, 7) is 1.03. The molecule has 0 unspecified atom stereocenters. The van der Waals surface area contributed by atoms with E-state index in [0.29, 0.717) is 0 Å². The first-order valence-electron chi connectivity index (χ1n) is 2.97. The van der Waals surface area contributed by atoms with Crippen LogP contribution in [0.15, 0.2) is 0 Å². The van der Waals surface area contributed by atoms with Gasteiger partial charge in [0.05, 0.1) is 0 Å². The Morgan fingerprint density at radius 2 is 1.89 bits per heavy atom. The van der Waals surface area contributed by atoms with E-state index >= 15 is 0 Å². The Kier molecular flexibility index (Phi) is 9.81. The molecular formula is C6H15NSnY-2. The van der Waals surface area contributed by atoms with E-state index < -0.39 is 18.4 Å². The third-order valence-corrected chi connectivity index (χ3v) is 5.51. The standard InChI is InChI=1S/C3H7N.2CH3.CH2.Sn.Y/c1-3-4-2;;;;;/h1,3H2,2H3;2*1H3;1H2;;/q-1;;;-1;;. The van der Waals surface area contributed by atoms with Crippen LogP contribution in [0, 0.1) is 4.94 Å². The minimum atomic E-state index is -1.65. The molecule has 0 aromatic carbocycles. The van der Waals surface area contributed by atoms with Crippen molar-refractivity contribution in [2.24, 2.45) is 0 Å². The summed E-state index contributed by atoms with van der Waals surface area (Å²) >= 11 is -1.65. The molecule has 1 nitrogen and oxygen atoms in total. The van der Waals surface area contributed by atoms with Gasteiger partial charge in [0.15, 0.2) is 0 Å². The van der Waals surface area contributed by atoms with Gasteiger partial charge < -0.3 is 0 Å². The van der Waals surface area contributed by atoms with E-state index in [1.54, 1.807) is 0 Å². The van der Waals surface area contributed by atoms with Crippen LogP contribution in [0.2, 0.25) is 14.3 Å². The van der Waals surface area contributed by atoms with Gasteiger partial charge in [-0.3, -0.25) is 0 Å². The van der Waals surface area contributed by atoms with Crippen LogP contribution in [0.5, 0.6) is 0 Å². The van der Waals surface area contributed by atoms with Gasteiger partial charge in [-0.25, -0.2) is 0 Å². The van der Waals surface area contributed by atoms with Crippen LogP contribution in [0.4, 0.5) is 0 Å². The molecular weight excluding hydrogens is 294 g/mol. The molecule has 0 aliphatic heterocycles. The van der Waals surface area contributed by atoms with Crippen molar-refractivity contribution in [1.82, 2.24) is 0 Å². The third kappa shape index (κ3) is 12.9. The average molecular weight is 309 g/mol. The second-order valence-electron chi connectivity index (χ2n) is 2.95. The fourth-order valence-corrected chi connectivity index (χ4v) is 2.78. The topological polar surface area (TPSA) is 14.1 Å². The predicted molar refractivity (Wildman–Crippen MR) is 41.8 cm³/mol. The monoisotopic (exact) mass is 310 g/mol. The Labute approximate surface area is 88.1 Å². The summed E-state index contributed by atoms with van der Waals surface area (Å²) in [5.41, 5.74) is 0. The zero-order valence-corrected chi connectivity index (χ0v) is 12.3. The van der Waals surface area contributed by atoms with Crippen LogP contribution in [0.1, 0.15) is 0 Å². The second-order valence-corrected chi connectivity index (χ2v) is 16.7. The van der Waals surface area contributed by atoms with Gasteiger partial charge >= 0.3 is 56.5 Å². The quantitative estimate of drug-likeness (QED) is 0.560. The SMILES string of the molecule is [CH2-][Sn]([CH3])([CH3])[CH2]C[N-]C.[Y]. The van der Waals surface area contributed by atoms with Crippen molar-refractivity contribution in [2.75, 3.05) is 13.6 Å². The van der Waals surface area contributed by atoms with Crippen molar-refractivity contribution >= 4 is 18.4 Å². The zero-order valence-electron chi connectivity index (χ0n) is 6.65. The van der Waals surface area contributed by atoms with Crippen molar-refractivity contribution in [1.29, 1.82) is 0 Å². The van der Waals surface area contributed by atoms with Crippen LogP contribution in [0.3, 0.4) is 0 Å². The van der Waals surface area contributed by atoms with E-state index in [-0.39, 0.29) is 32.7 Å². The van der Waals surface area contributed by atoms with Crippen LogP contribution in [-0.4, -0.2) is 32.0 Å². The molecule has 9 heavy (non-hydrogen) atoms. The minimum absolute atomic E-state index is 0. The Bertz CT molecular complexity index is 60.6.